The van der Waals surface area contributed by atoms with Crippen molar-refractivity contribution in [2.75, 3.05) is 26.4 Å². The van der Waals surface area contributed by atoms with Crippen LogP contribution in [0.15, 0.2) is 24.3 Å². The van der Waals surface area contributed by atoms with Crippen molar-refractivity contribution in [2.24, 2.45) is 0 Å². The fraction of sp³-hybridized carbons (Fsp3) is 0.500. The fourth-order valence-electron chi connectivity index (χ4n) is 1.70. The Kier molecular flexibility index (Phi) is 8.12. The molecule has 0 saturated carbocycles. The van der Waals surface area contributed by atoms with Gasteiger partial charge in [0.25, 0.3) is 0 Å². The summed E-state index contributed by atoms with van der Waals surface area (Å²) in [5.74, 6) is 0.463. The van der Waals surface area contributed by atoms with Gasteiger partial charge in [0.05, 0.1) is 13.2 Å². The number of Topliss-reactive ketones (excluding diaryl/α,β-unsaturated/α-hetero) is 1. The number of ketones is 1. The first kappa shape index (κ1) is 17.2. The predicted octanol–water partition coefficient (Wildman–Crippen LogP) is 2.63. The van der Waals surface area contributed by atoms with Crippen LogP contribution in [0.5, 0.6) is 5.75 Å². The summed E-state index contributed by atoms with van der Waals surface area (Å²) in [6.45, 7) is 4.70. The van der Waals surface area contributed by atoms with Crippen molar-refractivity contribution >= 4 is 11.8 Å². The van der Waals surface area contributed by atoms with Crippen molar-refractivity contribution in [3.63, 3.8) is 0 Å². The van der Waals surface area contributed by atoms with Crippen LogP contribution < -0.4 is 4.74 Å². The van der Waals surface area contributed by atoms with Crippen LogP contribution in [0.2, 0.25) is 0 Å². The second-order valence-corrected chi connectivity index (χ2v) is 4.50. The maximum Gasteiger partial charge on any atom is 0.302 e. The number of ether oxygens (including phenoxy) is 3. The maximum atomic E-state index is 11.8. The summed E-state index contributed by atoms with van der Waals surface area (Å²) in [6, 6.07) is 7.15. The van der Waals surface area contributed by atoms with E-state index >= 15 is 0 Å². The monoisotopic (exact) mass is 294 g/mol. The number of carbonyl (C=O) groups excluding carboxylic acids is 2. The molecule has 5 heteroatoms. The molecule has 0 aliphatic carbocycles. The Balaban J connectivity index is 2.24. The van der Waals surface area contributed by atoms with Gasteiger partial charge in [-0.3, -0.25) is 9.59 Å². The van der Waals surface area contributed by atoms with Gasteiger partial charge < -0.3 is 14.2 Å². The molecule has 0 heterocycles. The van der Waals surface area contributed by atoms with Crippen LogP contribution >= 0.6 is 0 Å². The van der Waals surface area contributed by atoms with E-state index in [4.69, 9.17) is 14.2 Å². The van der Waals surface area contributed by atoms with E-state index in [-0.39, 0.29) is 18.4 Å². The van der Waals surface area contributed by atoms with Crippen LogP contribution in [0, 0.1) is 0 Å². The van der Waals surface area contributed by atoms with E-state index in [0.29, 0.717) is 37.6 Å². The first-order valence-corrected chi connectivity index (χ1v) is 7.10. The number of rotatable bonds is 10. The molecule has 0 spiro atoms. The first-order valence-electron chi connectivity index (χ1n) is 7.10. The molecular weight excluding hydrogens is 272 g/mol. The molecule has 1 aromatic rings. The average Bonchev–Trinajstić information content (AvgIpc) is 2.46. The zero-order valence-corrected chi connectivity index (χ0v) is 12.6. The fourth-order valence-corrected chi connectivity index (χ4v) is 1.70. The quantitative estimate of drug-likeness (QED) is 0.377. The Morgan fingerprint density at radius 3 is 2.57 bits per heavy atom. The molecule has 0 saturated heterocycles. The lowest BCUT2D eigenvalue weighted by molar-refractivity contribution is -0.142. The maximum absolute atomic E-state index is 11.8. The van der Waals surface area contributed by atoms with E-state index in [1.165, 1.54) is 6.92 Å². The van der Waals surface area contributed by atoms with Crippen molar-refractivity contribution in [1.82, 2.24) is 0 Å². The molecule has 0 aromatic heterocycles. The zero-order valence-electron chi connectivity index (χ0n) is 12.6. The van der Waals surface area contributed by atoms with E-state index in [9.17, 15) is 9.59 Å². The van der Waals surface area contributed by atoms with Gasteiger partial charge in [0.15, 0.2) is 5.78 Å². The van der Waals surface area contributed by atoms with Crippen molar-refractivity contribution in [3.8, 4) is 5.75 Å². The highest BCUT2D eigenvalue weighted by molar-refractivity contribution is 5.96. The van der Waals surface area contributed by atoms with E-state index < -0.39 is 0 Å². The molecule has 1 aromatic carbocycles. The minimum absolute atomic E-state index is 0.126. The molecule has 0 fully saturated rings. The van der Waals surface area contributed by atoms with E-state index in [1.807, 2.05) is 13.0 Å². The number of carbonyl (C=O) groups is 2. The molecule has 0 radical (unpaired) electrons. The summed E-state index contributed by atoms with van der Waals surface area (Å²) in [4.78, 5) is 22.3. The van der Waals surface area contributed by atoms with Crippen LogP contribution in [0.4, 0.5) is 0 Å². The molecule has 1 rings (SSSR count). The van der Waals surface area contributed by atoms with Crippen LogP contribution in [-0.4, -0.2) is 38.2 Å². The van der Waals surface area contributed by atoms with Gasteiger partial charge in [0.2, 0.25) is 0 Å². The lowest BCUT2D eigenvalue weighted by Gasteiger charge is -2.08. The highest BCUT2D eigenvalue weighted by atomic mass is 16.6. The topological polar surface area (TPSA) is 61.8 Å². The van der Waals surface area contributed by atoms with E-state index in [0.717, 1.165) is 6.42 Å². The minimum Gasteiger partial charge on any atom is -0.491 e. The standard InChI is InChI=1S/C16H22O5/c1-3-5-16(18)14-6-4-7-15(12-14)21-11-9-19-8-10-20-13(2)17/h4,6-7,12H,3,5,8-11H2,1-2H3. The third kappa shape index (κ3) is 7.46. The summed E-state index contributed by atoms with van der Waals surface area (Å²) in [7, 11) is 0. The van der Waals surface area contributed by atoms with Crippen molar-refractivity contribution in [1.29, 1.82) is 0 Å². The van der Waals surface area contributed by atoms with Gasteiger partial charge in [0, 0.05) is 18.9 Å². The molecule has 0 bridgehead atoms. The van der Waals surface area contributed by atoms with Crippen LogP contribution in [0.1, 0.15) is 37.0 Å². The van der Waals surface area contributed by atoms with Gasteiger partial charge in [-0.05, 0) is 18.6 Å². The second kappa shape index (κ2) is 9.94. The number of benzene rings is 1. The largest absolute Gasteiger partial charge is 0.491 e. The number of hydrogen-bond donors (Lipinski definition) is 0. The Morgan fingerprint density at radius 1 is 1.10 bits per heavy atom. The predicted molar refractivity (Wildman–Crippen MR) is 78.6 cm³/mol. The molecule has 0 unspecified atom stereocenters. The Morgan fingerprint density at radius 2 is 1.86 bits per heavy atom. The molecule has 0 aliphatic rings. The summed E-state index contributed by atoms with van der Waals surface area (Å²) < 4.78 is 15.5. The summed E-state index contributed by atoms with van der Waals surface area (Å²) in [6.07, 6.45) is 1.38. The summed E-state index contributed by atoms with van der Waals surface area (Å²) in [5.41, 5.74) is 0.671. The lowest BCUT2D eigenvalue weighted by atomic mass is 10.1. The van der Waals surface area contributed by atoms with Gasteiger partial charge in [-0.25, -0.2) is 0 Å². The van der Waals surface area contributed by atoms with Gasteiger partial charge in [-0.15, -0.1) is 0 Å². The van der Waals surface area contributed by atoms with Crippen LogP contribution in [0.3, 0.4) is 0 Å². The van der Waals surface area contributed by atoms with Crippen molar-refractivity contribution < 1.29 is 23.8 Å². The van der Waals surface area contributed by atoms with Gasteiger partial charge in [-0.2, -0.15) is 0 Å². The molecule has 21 heavy (non-hydrogen) atoms. The van der Waals surface area contributed by atoms with E-state index in [1.54, 1.807) is 18.2 Å². The smallest absolute Gasteiger partial charge is 0.302 e. The van der Waals surface area contributed by atoms with Gasteiger partial charge in [-0.1, -0.05) is 19.1 Å². The number of esters is 1. The normalized spacial score (nSPS) is 10.2. The zero-order chi connectivity index (χ0) is 15.5. The van der Waals surface area contributed by atoms with Crippen molar-refractivity contribution in [2.45, 2.75) is 26.7 Å². The molecule has 0 aliphatic heterocycles. The third-order valence-corrected chi connectivity index (χ3v) is 2.66. The van der Waals surface area contributed by atoms with Crippen LogP contribution in [-0.2, 0) is 14.3 Å². The molecule has 0 N–H and O–H groups in total. The molecular formula is C16H22O5. The highest BCUT2D eigenvalue weighted by Crippen LogP contribution is 2.15. The van der Waals surface area contributed by atoms with Crippen molar-refractivity contribution in [3.05, 3.63) is 29.8 Å². The van der Waals surface area contributed by atoms with Gasteiger partial charge in [0.1, 0.15) is 19.0 Å². The Bertz CT molecular complexity index is 456. The Labute approximate surface area is 125 Å². The molecule has 0 atom stereocenters. The number of hydrogen-bond acceptors (Lipinski definition) is 5. The average molecular weight is 294 g/mol. The highest BCUT2D eigenvalue weighted by Gasteiger charge is 2.05. The molecule has 5 nitrogen and oxygen atoms in total. The van der Waals surface area contributed by atoms with Gasteiger partial charge >= 0.3 is 5.97 Å². The summed E-state index contributed by atoms with van der Waals surface area (Å²) >= 11 is 0. The van der Waals surface area contributed by atoms with Crippen LogP contribution in [0.25, 0.3) is 0 Å². The first-order chi connectivity index (χ1) is 10.1. The summed E-state index contributed by atoms with van der Waals surface area (Å²) in [5, 5.41) is 0. The third-order valence-electron chi connectivity index (χ3n) is 2.66. The minimum atomic E-state index is -0.316. The second-order valence-electron chi connectivity index (χ2n) is 4.50. The lowest BCUT2D eigenvalue weighted by Crippen LogP contribution is -2.12. The molecule has 0 amide bonds. The Hall–Kier alpha value is -1.88. The van der Waals surface area contributed by atoms with E-state index in [2.05, 4.69) is 0 Å². The SMILES string of the molecule is CCCC(=O)c1cccc(OCCOCCOC(C)=O)c1. The molecule has 116 valence electrons.